The van der Waals surface area contributed by atoms with E-state index in [1.165, 1.54) is 17.8 Å². The van der Waals surface area contributed by atoms with Gasteiger partial charge in [-0.05, 0) is 36.1 Å². The number of hydrogen-bond acceptors (Lipinski definition) is 3. The number of amides is 1. The molecule has 0 bridgehead atoms. The van der Waals surface area contributed by atoms with Gasteiger partial charge in [0.1, 0.15) is 5.03 Å². The van der Waals surface area contributed by atoms with Crippen molar-refractivity contribution in [3.63, 3.8) is 0 Å². The summed E-state index contributed by atoms with van der Waals surface area (Å²) >= 11 is 0.529. The summed E-state index contributed by atoms with van der Waals surface area (Å²) in [6.45, 7) is 0. The quantitative estimate of drug-likeness (QED) is 0.841. The lowest BCUT2D eigenvalue weighted by Crippen LogP contribution is -2.28. The van der Waals surface area contributed by atoms with E-state index in [9.17, 15) is 18.0 Å². The molecule has 1 aliphatic carbocycles. The molecule has 1 aromatic carbocycles. The minimum absolute atomic E-state index is 0.0959. The Morgan fingerprint density at radius 3 is 2.83 bits per heavy atom. The zero-order valence-electron chi connectivity index (χ0n) is 12.6. The summed E-state index contributed by atoms with van der Waals surface area (Å²) in [6, 6.07) is 10.8. The average Bonchev–Trinajstić information content (AvgIpc) is 2.96. The maximum absolute atomic E-state index is 12.5. The number of pyridine rings is 1. The Balaban J connectivity index is 1.74. The number of halogens is 3. The fourth-order valence-corrected chi connectivity index (χ4v) is 3.52. The van der Waals surface area contributed by atoms with Crippen molar-refractivity contribution in [1.82, 2.24) is 10.3 Å². The number of rotatable bonds is 4. The van der Waals surface area contributed by atoms with E-state index in [4.69, 9.17) is 0 Å². The van der Waals surface area contributed by atoms with Gasteiger partial charge in [0.05, 0.1) is 17.4 Å². The second-order valence-electron chi connectivity index (χ2n) is 5.52. The highest BCUT2D eigenvalue weighted by Gasteiger charge is 2.29. The van der Waals surface area contributed by atoms with Crippen LogP contribution in [0.25, 0.3) is 0 Å². The Hall–Kier alpha value is -2.02. The molecule has 2 aromatic rings. The second-order valence-corrected chi connectivity index (χ2v) is 6.49. The van der Waals surface area contributed by atoms with E-state index in [1.807, 2.05) is 24.3 Å². The Morgan fingerprint density at radius 2 is 2.04 bits per heavy atom. The van der Waals surface area contributed by atoms with Gasteiger partial charge in [-0.3, -0.25) is 4.79 Å². The van der Waals surface area contributed by atoms with Crippen molar-refractivity contribution in [1.29, 1.82) is 0 Å². The maximum atomic E-state index is 12.5. The van der Waals surface area contributed by atoms with E-state index in [-0.39, 0.29) is 16.6 Å². The Kier molecular flexibility index (Phi) is 4.80. The van der Waals surface area contributed by atoms with Crippen LogP contribution in [-0.2, 0) is 6.42 Å². The van der Waals surface area contributed by atoms with Crippen LogP contribution in [0.3, 0.4) is 0 Å². The van der Waals surface area contributed by atoms with Gasteiger partial charge in [-0.1, -0.05) is 36.0 Å². The molecule has 1 atom stereocenters. The number of alkyl halides is 3. The highest BCUT2D eigenvalue weighted by Crippen LogP contribution is 2.32. The van der Waals surface area contributed by atoms with Gasteiger partial charge in [0, 0.05) is 6.20 Å². The molecule has 1 aliphatic rings. The van der Waals surface area contributed by atoms with E-state index in [0.29, 0.717) is 11.8 Å². The summed E-state index contributed by atoms with van der Waals surface area (Å²) in [5, 5.41) is 3.01. The summed E-state index contributed by atoms with van der Waals surface area (Å²) in [5.74, 6) is -1.47. The SMILES string of the molecule is O=C(N[C@H]1CCc2ccccc21)c1cccnc1SCC(F)(F)F. The molecule has 24 heavy (non-hydrogen) atoms. The van der Waals surface area contributed by atoms with Crippen LogP contribution in [0.4, 0.5) is 13.2 Å². The number of carbonyl (C=O) groups is 1. The third-order valence-electron chi connectivity index (χ3n) is 3.83. The first-order valence-corrected chi connectivity index (χ1v) is 8.46. The molecule has 126 valence electrons. The largest absolute Gasteiger partial charge is 0.398 e. The number of carbonyl (C=O) groups excluding carboxylic acids is 1. The topological polar surface area (TPSA) is 42.0 Å². The summed E-state index contributed by atoms with van der Waals surface area (Å²) in [4.78, 5) is 16.4. The fourth-order valence-electron chi connectivity index (χ4n) is 2.77. The standard InChI is InChI=1S/C17H15F3N2OS/c18-17(19,20)10-24-16-13(6-3-9-21-16)15(23)22-14-8-7-11-4-1-2-5-12(11)14/h1-6,9,14H,7-8,10H2,(H,22,23)/t14-/m0/s1. The molecular weight excluding hydrogens is 337 g/mol. The molecular formula is C17H15F3N2OS. The third-order valence-corrected chi connectivity index (χ3v) is 4.90. The van der Waals surface area contributed by atoms with Crippen LogP contribution >= 0.6 is 11.8 Å². The molecule has 1 amide bonds. The smallest absolute Gasteiger partial charge is 0.345 e. The third kappa shape index (κ3) is 3.90. The number of aromatic nitrogens is 1. The number of aryl methyl sites for hydroxylation is 1. The molecule has 1 N–H and O–H groups in total. The van der Waals surface area contributed by atoms with Gasteiger partial charge in [-0.2, -0.15) is 13.2 Å². The summed E-state index contributed by atoms with van der Waals surface area (Å²) in [6.07, 6.45) is -1.25. The zero-order valence-corrected chi connectivity index (χ0v) is 13.5. The Morgan fingerprint density at radius 1 is 1.25 bits per heavy atom. The first kappa shape index (κ1) is 16.8. The van der Waals surface area contributed by atoms with Crippen molar-refractivity contribution in [3.8, 4) is 0 Å². The lowest BCUT2D eigenvalue weighted by Gasteiger charge is -2.15. The van der Waals surface area contributed by atoms with Crippen LogP contribution in [-0.4, -0.2) is 22.8 Å². The normalized spacial score (nSPS) is 16.7. The van der Waals surface area contributed by atoms with Gasteiger partial charge in [-0.15, -0.1) is 0 Å². The number of thioether (sulfide) groups is 1. The average molecular weight is 352 g/mol. The van der Waals surface area contributed by atoms with Gasteiger partial charge in [-0.25, -0.2) is 4.98 Å². The zero-order chi connectivity index (χ0) is 17.2. The van der Waals surface area contributed by atoms with Crippen molar-refractivity contribution < 1.29 is 18.0 Å². The van der Waals surface area contributed by atoms with Crippen molar-refractivity contribution in [2.24, 2.45) is 0 Å². The van der Waals surface area contributed by atoms with Crippen molar-refractivity contribution in [3.05, 3.63) is 59.3 Å². The maximum Gasteiger partial charge on any atom is 0.398 e. The molecule has 0 radical (unpaired) electrons. The van der Waals surface area contributed by atoms with Crippen LogP contribution in [0, 0.1) is 0 Å². The van der Waals surface area contributed by atoms with Gasteiger partial charge in [0.25, 0.3) is 5.91 Å². The summed E-state index contributed by atoms with van der Waals surface area (Å²) in [5.41, 5.74) is 2.44. The predicted octanol–water partition coefficient (Wildman–Crippen LogP) is 4.15. The molecule has 1 heterocycles. The molecule has 0 spiro atoms. The number of hydrogen-bond donors (Lipinski definition) is 1. The lowest BCUT2D eigenvalue weighted by molar-refractivity contribution is -0.105. The molecule has 0 saturated carbocycles. The highest BCUT2D eigenvalue weighted by atomic mass is 32.2. The van der Waals surface area contributed by atoms with Gasteiger partial charge < -0.3 is 5.32 Å². The van der Waals surface area contributed by atoms with E-state index in [0.717, 1.165) is 18.4 Å². The first-order chi connectivity index (χ1) is 11.4. The molecule has 0 saturated heterocycles. The first-order valence-electron chi connectivity index (χ1n) is 7.47. The summed E-state index contributed by atoms with van der Waals surface area (Å²) < 4.78 is 37.3. The molecule has 3 rings (SSSR count). The molecule has 0 unspecified atom stereocenters. The van der Waals surface area contributed by atoms with Crippen LogP contribution in [0.1, 0.15) is 33.9 Å². The summed E-state index contributed by atoms with van der Waals surface area (Å²) in [7, 11) is 0. The Bertz CT molecular complexity index is 749. The van der Waals surface area contributed by atoms with E-state index >= 15 is 0 Å². The van der Waals surface area contributed by atoms with Crippen LogP contribution in [0.15, 0.2) is 47.6 Å². The predicted molar refractivity (Wildman–Crippen MR) is 86.0 cm³/mol. The minimum atomic E-state index is -4.31. The van der Waals surface area contributed by atoms with Gasteiger partial charge >= 0.3 is 6.18 Å². The monoisotopic (exact) mass is 352 g/mol. The number of nitrogens with one attached hydrogen (secondary N) is 1. The Labute approximate surface area is 141 Å². The highest BCUT2D eigenvalue weighted by molar-refractivity contribution is 7.99. The van der Waals surface area contributed by atoms with Crippen molar-refractivity contribution >= 4 is 17.7 Å². The molecule has 3 nitrogen and oxygen atoms in total. The van der Waals surface area contributed by atoms with E-state index in [1.54, 1.807) is 6.07 Å². The van der Waals surface area contributed by atoms with Gasteiger partial charge in [0.2, 0.25) is 0 Å². The molecule has 0 aliphatic heterocycles. The minimum Gasteiger partial charge on any atom is -0.345 e. The molecule has 1 aromatic heterocycles. The van der Waals surface area contributed by atoms with Crippen molar-refractivity contribution in [2.45, 2.75) is 30.1 Å². The number of nitrogens with zero attached hydrogens (tertiary/aromatic N) is 1. The molecule has 0 fully saturated rings. The van der Waals surface area contributed by atoms with E-state index in [2.05, 4.69) is 10.3 Å². The van der Waals surface area contributed by atoms with Crippen LogP contribution in [0.5, 0.6) is 0 Å². The van der Waals surface area contributed by atoms with Crippen LogP contribution in [0.2, 0.25) is 0 Å². The number of fused-ring (bicyclic) bond motifs is 1. The van der Waals surface area contributed by atoms with Crippen molar-refractivity contribution in [2.75, 3.05) is 5.75 Å². The van der Waals surface area contributed by atoms with Gasteiger partial charge in [0.15, 0.2) is 0 Å². The lowest BCUT2D eigenvalue weighted by atomic mass is 10.1. The van der Waals surface area contributed by atoms with E-state index < -0.39 is 17.8 Å². The number of benzene rings is 1. The molecule has 7 heteroatoms. The fraction of sp³-hybridized carbons (Fsp3) is 0.294. The second kappa shape index (κ2) is 6.84. The van der Waals surface area contributed by atoms with Crippen LogP contribution < -0.4 is 5.32 Å².